The first-order chi connectivity index (χ1) is 13.1. The predicted molar refractivity (Wildman–Crippen MR) is 107 cm³/mol. The number of anilines is 1. The van der Waals surface area contributed by atoms with Gasteiger partial charge in [-0.15, -0.1) is 0 Å². The molecule has 2 rings (SSSR count). The maximum Gasteiger partial charge on any atom is 0.249 e. The summed E-state index contributed by atoms with van der Waals surface area (Å²) < 4.78 is 5.58. The fourth-order valence-electron chi connectivity index (χ4n) is 2.09. The van der Waals surface area contributed by atoms with E-state index in [1.165, 1.54) is 6.21 Å². The van der Waals surface area contributed by atoms with E-state index in [0.29, 0.717) is 17.3 Å². The van der Waals surface area contributed by atoms with Crippen molar-refractivity contribution in [3.63, 3.8) is 0 Å². The first-order valence-corrected chi connectivity index (χ1v) is 9.05. The van der Waals surface area contributed by atoms with Gasteiger partial charge in [-0.05, 0) is 60.5 Å². The second-order valence-corrected chi connectivity index (χ2v) is 6.23. The summed E-state index contributed by atoms with van der Waals surface area (Å²) in [5, 5.41) is 7.04. The van der Waals surface area contributed by atoms with Gasteiger partial charge in [-0.3, -0.25) is 9.59 Å². The van der Waals surface area contributed by atoms with Gasteiger partial charge in [0, 0.05) is 10.7 Å². The average molecular weight is 388 g/mol. The molecule has 0 aliphatic carbocycles. The zero-order chi connectivity index (χ0) is 19.5. The molecule has 0 aliphatic rings. The highest BCUT2D eigenvalue weighted by atomic mass is 35.5. The van der Waals surface area contributed by atoms with Gasteiger partial charge in [0.1, 0.15) is 12.2 Å². The predicted octanol–water partition coefficient (Wildman–Crippen LogP) is 4.00. The van der Waals surface area contributed by atoms with Crippen LogP contribution in [0.3, 0.4) is 0 Å². The lowest BCUT2D eigenvalue weighted by atomic mass is 10.2. The Balaban J connectivity index is 1.74. The summed E-state index contributed by atoms with van der Waals surface area (Å²) in [6.45, 7) is 2.80. The number of carbonyl (C=O) groups excluding carboxylic acids is 2. The molecule has 27 heavy (non-hydrogen) atoms. The van der Waals surface area contributed by atoms with Crippen molar-refractivity contribution in [2.45, 2.75) is 26.2 Å². The summed E-state index contributed by atoms with van der Waals surface area (Å²) in [4.78, 5) is 23.6. The molecule has 2 aromatic carbocycles. The monoisotopic (exact) mass is 387 g/mol. The van der Waals surface area contributed by atoms with Gasteiger partial charge in [-0.1, -0.05) is 24.9 Å². The Morgan fingerprint density at radius 1 is 1.07 bits per heavy atom. The van der Waals surface area contributed by atoms with E-state index >= 15 is 0 Å². The SMILES string of the molecule is CCCCOc1ccc(C=NNC(=O)CC(=O)Nc2ccc(Cl)cc2)cc1. The zero-order valence-electron chi connectivity index (χ0n) is 15.1. The standard InChI is InChI=1S/C20H22ClN3O3/c1-2-3-12-27-18-10-4-15(5-11-18)14-22-24-20(26)13-19(25)23-17-8-6-16(21)7-9-17/h4-11,14H,2-3,12-13H2,1H3,(H,23,25)(H,24,26). The molecular weight excluding hydrogens is 366 g/mol. The second-order valence-electron chi connectivity index (χ2n) is 5.80. The van der Waals surface area contributed by atoms with E-state index < -0.39 is 11.8 Å². The van der Waals surface area contributed by atoms with Crippen molar-refractivity contribution in [2.75, 3.05) is 11.9 Å². The lowest BCUT2D eigenvalue weighted by Gasteiger charge is -2.05. The van der Waals surface area contributed by atoms with E-state index in [2.05, 4.69) is 22.8 Å². The molecule has 0 aromatic heterocycles. The Morgan fingerprint density at radius 2 is 1.78 bits per heavy atom. The number of halogens is 1. The van der Waals surface area contributed by atoms with Gasteiger partial charge in [0.05, 0.1) is 12.8 Å². The number of hydrogen-bond acceptors (Lipinski definition) is 4. The summed E-state index contributed by atoms with van der Waals surface area (Å²) in [6, 6.07) is 14.0. The van der Waals surface area contributed by atoms with Crippen LogP contribution >= 0.6 is 11.6 Å². The van der Waals surface area contributed by atoms with Gasteiger partial charge >= 0.3 is 0 Å². The quantitative estimate of drug-likeness (QED) is 0.295. The van der Waals surface area contributed by atoms with Crippen LogP contribution in [0.5, 0.6) is 5.75 Å². The van der Waals surface area contributed by atoms with Crippen molar-refractivity contribution in [3.05, 3.63) is 59.1 Å². The smallest absolute Gasteiger partial charge is 0.249 e. The van der Waals surface area contributed by atoms with Gasteiger partial charge in [0.2, 0.25) is 11.8 Å². The number of hydrazone groups is 1. The summed E-state index contributed by atoms with van der Waals surface area (Å²) in [7, 11) is 0. The molecule has 0 fully saturated rings. The Morgan fingerprint density at radius 3 is 2.44 bits per heavy atom. The summed E-state index contributed by atoms with van der Waals surface area (Å²) in [6.07, 6.45) is 3.28. The summed E-state index contributed by atoms with van der Waals surface area (Å²) in [5.74, 6) is -0.139. The van der Waals surface area contributed by atoms with Crippen LogP contribution < -0.4 is 15.5 Å². The van der Waals surface area contributed by atoms with Crippen LogP contribution in [0, 0.1) is 0 Å². The van der Waals surface area contributed by atoms with Gasteiger partial charge < -0.3 is 10.1 Å². The molecule has 142 valence electrons. The van der Waals surface area contributed by atoms with Gasteiger partial charge in [-0.25, -0.2) is 5.43 Å². The van der Waals surface area contributed by atoms with Crippen LogP contribution in [0.2, 0.25) is 5.02 Å². The summed E-state index contributed by atoms with van der Waals surface area (Å²) >= 11 is 5.78. The Kier molecular flexibility index (Phi) is 8.32. The largest absolute Gasteiger partial charge is 0.494 e. The van der Waals surface area contributed by atoms with Crippen molar-refractivity contribution < 1.29 is 14.3 Å². The van der Waals surface area contributed by atoms with Crippen LogP contribution in [0.1, 0.15) is 31.7 Å². The summed E-state index contributed by atoms with van der Waals surface area (Å²) in [5.41, 5.74) is 3.71. The number of unbranched alkanes of at least 4 members (excludes halogenated alkanes) is 1. The molecule has 2 N–H and O–H groups in total. The molecule has 0 radical (unpaired) electrons. The molecule has 0 saturated heterocycles. The third kappa shape index (κ3) is 7.92. The number of carbonyl (C=O) groups is 2. The zero-order valence-corrected chi connectivity index (χ0v) is 15.8. The van der Waals surface area contributed by atoms with Crippen molar-refractivity contribution in [1.29, 1.82) is 0 Å². The van der Waals surface area contributed by atoms with Crippen LogP contribution in [0.4, 0.5) is 5.69 Å². The van der Waals surface area contributed by atoms with Gasteiger partial charge in [-0.2, -0.15) is 5.10 Å². The normalized spacial score (nSPS) is 10.6. The van der Waals surface area contributed by atoms with Crippen LogP contribution in [0.15, 0.2) is 53.6 Å². The lowest BCUT2D eigenvalue weighted by molar-refractivity contribution is -0.126. The highest BCUT2D eigenvalue weighted by Gasteiger charge is 2.08. The molecule has 0 bridgehead atoms. The first kappa shape index (κ1) is 20.5. The molecule has 7 heteroatoms. The number of nitrogens with zero attached hydrogens (tertiary/aromatic N) is 1. The molecule has 6 nitrogen and oxygen atoms in total. The molecule has 0 heterocycles. The second kappa shape index (κ2) is 11.0. The van der Waals surface area contributed by atoms with Gasteiger partial charge in [0.15, 0.2) is 0 Å². The van der Waals surface area contributed by atoms with Crippen molar-refractivity contribution in [2.24, 2.45) is 5.10 Å². The number of rotatable bonds is 9. The molecule has 0 aliphatic heterocycles. The lowest BCUT2D eigenvalue weighted by Crippen LogP contribution is -2.24. The topological polar surface area (TPSA) is 79.8 Å². The fourth-order valence-corrected chi connectivity index (χ4v) is 2.21. The molecule has 2 amide bonds. The van der Waals surface area contributed by atoms with Crippen LogP contribution in [-0.4, -0.2) is 24.6 Å². The maximum absolute atomic E-state index is 11.8. The van der Waals surface area contributed by atoms with E-state index in [1.807, 2.05) is 24.3 Å². The number of hydrogen-bond donors (Lipinski definition) is 2. The molecule has 0 saturated carbocycles. The van der Waals surface area contributed by atoms with E-state index in [9.17, 15) is 9.59 Å². The van der Waals surface area contributed by atoms with Gasteiger partial charge in [0.25, 0.3) is 0 Å². The number of nitrogens with one attached hydrogen (secondary N) is 2. The number of amides is 2. The highest BCUT2D eigenvalue weighted by molar-refractivity contribution is 6.30. The molecule has 0 unspecified atom stereocenters. The highest BCUT2D eigenvalue weighted by Crippen LogP contribution is 2.13. The van der Waals surface area contributed by atoms with E-state index in [-0.39, 0.29) is 6.42 Å². The Hall–Kier alpha value is -2.86. The minimum absolute atomic E-state index is 0.329. The molecule has 0 spiro atoms. The average Bonchev–Trinajstić information content (AvgIpc) is 2.65. The number of ether oxygens (including phenoxy) is 1. The van der Waals surface area contributed by atoms with E-state index in [4.69, 9.17) is 16.3 Å². The van der Waals surface area contributed by atoms with Crippen molar-refractivity contribution in [1.82, 2.24) is 5.43 Å². The third-order valence-electron chi connectivity index (χ3n) is 3.50. The van der Waals surface area contributed by atoms with Crippen molar-refractivity contribution in [3.8, 4) is 5.75 Å². The Bertz CT molecular complexity index is 774. The molecular formula is C20H22ClN3O3. The van der Waals surface area contributed by atoms with E-state index in [0.717, 1.165) is 24.2 Å². The number of benzene rings is 2. The first-order valence-electron chi connectivity index (χ1n) is 8.67. The molecule has 2 aromatic rings. The fraction of sp³-hybridized carbons (Fsp3) is 0.250. The Labute approximate surface area is 163 Å². The minimum Gasteiger partial charge on any atom is -0.494 e. The van der Waals surface area contributed by atoms with Crippen LogP contribution in [-0.2, 0) is 9.59 Å². The molecule has 0 atom stereocenters. The van der Waals surface area contributed by atoms with Crippen molar-refractivity contribution >= 4 is 35.3 Å². The maximum atomic E-state index is 11.8. The third-order valence-corrected chi connectivity index (χ3v) is 3.75. The van der Waals surface area contributed by atoms with Crippen LogP contribution in [0.25, 0.3) is 0 Å². The van der Waals surface area contributed by atoms with E-state index in [1.54, 1.807) is 24.3 Å². The minimum atomic E-state index is -0.503.